The highest BCUT2D eigenvalue weighted by Crippen LogP contribution is 2.37. The van der Waals surface area contributed by atoms with Crippen molar-refractivity contribution in [1.29, 1.82) is 0 Å². The Hall–Kier alpha value is -3.91. The fourth-order valence-corrected chi connectivity index (χ4v) is 4.33. The van der Waals surface area contributed by atoms with Gasteiger partial charge in [-0.05, 0) is 54.5 Å². The van der Waals surface area contributed by atoms with Crippen LogP contribution in [0.25, 0.3) is 16.0 Å². The number of imidazole rings is 1. The van der Waals surface area contributed by atoms with Crippen LogP contribution in [0.4, 0.5) is 0 Å². The second-order valence-corrected chi connectivity index (χ2v) is 8.78. The minimum Gasteiger partial charge on any atom is -0.393 e. The molecule has 0 saturated heterocycles. The monoisotopic (exact) mass is 468 g/mol. The van der Waals surface area contributed by atoms with Gasteiger partial charge in [0.2, 0.25) is 0 Å². The van der Waals surface area contributed by atoms with Crippen molar-refractivity contribution in [3.05, 3.63) is 89.3 Å². The Morgan fingerprint density at radius 2 is 1.86 bits per heavy atom. The SMILES string of the molecule is [C-]#[N+]CC(=O)NC1CC(c2ccc(-c3ccc(C#C[C@@H](CO)n4ccnc4[C@H](C)O)cc3)cc2)C1. The van der Waals surface area contributed by atoms with Gasteiger partial charge in [0, 0.05) is 24.0 Å². The first-order valence-electron chi connectivity index (χ1n) is 11.6. The van der Waals surface area contributed by atoms with Gasteiger partial charge in [-0.2, -0.15) is 0 Å². The second-order valence-electron chi connectivity index (χ2n) is 8.78. The Morgan fingerprint density at radius 3 is 2.46 bits per heavy atom. The smallest absolute Gasteiger partial charge is 0.300 e. The molecule has 1 saturated carbocycles. The Morgan fingerprint density at radius 1 is 1.20 bits per heavy atom. The zero-order valence-electron chi connectivity index (χ0n) is 19.6. The molecule has 7 nitrogen and oxygen atoms in total. The standard InChI is InChI=1S/C28H28N4O3/c1-19(34)28-30-13-14-32(28)26(18-33)12-5-20-3-6-21(7-4-20)22-8-10-23(11-9-22)24-15-25(16-24)31-27(35)17-29-2/h3-4,6-11,13-14,19,24-26,33-34H,15-18H2,1H3,(H,31,35)/t19-,24?,25?,26-/m0/s1. The van der Waals surface area contributed by atoms with Crippen LogP contribution in [0.5, 0.6) is 0 Å². The van der Waals surface area contributed by atoms with E-state index in [1.54, 1.807) is 23.9 Å². The number of carbonyl (C=O) groups is 1. The molecule has 1 aliphatic carbocycles. The molecule has 3 N–H and O–H groups in total. The lowest BCUT2D eigenvalue weighted by molar-refractivity contribution is -0.120. The molecule has 7 heteroatoms. The number of aliphatic hydroxyl groups excluding tert-OH is 2. The van der Waals surface area contributed by atoms with Crippen molar-refractivity contribution >= 4 is 5.91 Å². The van der Waals surface area contributed by atoms with E-state index in [-0.39, 0.29) is 25.1 Å². The van der Waals surface area contributed by atoms with E-state index in [1.165, 1.54) is 5.56 Å². The molecule has 4 rings (SSSR count). The maximum Gasteiger partial charge on any atom is 0.300 e. The number of nitrogens with one attached hydrogen (secondary N) is 1. The summed E-state index contributed by atoms with van der Waals surface area (Å²) in [5.74, 6) is 6.89. The molecule has 2 atom stereocenters. The van der Waals surface area contributed by atoms with E-state index in [0.29, 0.717) is 11.7 Å². The average molecular weight is 469 g/mol. The van der Waals surface area contributed by atoms with Crippen molar-refractivity contribution in [2.45, 2.75) is 43.9 Å². The van der Waals surface area contributed by atoms with E-state index in [2.05, 4.69) is 51.3 Å². The van der Waals surface area contributed by atoms with Gasteiger partial charge in [-0.3, -0.25) is 4.79 Å². The lowest BCUT2D eigenvalue weighted by Gasteiger charge is -2.35. The number of benzene rings is 2. The lowest BCUT2D eigenvalue weighted by Crippen LogP contribution is -2.44. The Bertz CT molecular complexity index is 1250. The first kappa shape index (κ1) is 24.2. The van der Waals surface area contributed by atoms with E-state index >= 15 is 0 Å². The molecule has 1 amide bonds. The number of aliphatic hydroxyl groups is 2. The molecule has 1 aliphatic rings. The summed E-state index contributed by atoms with van der Waals surface area (Å²) in [6.45, 7) is 8.11. The van der Waals surface area contributed by atoms with Gasteiger partial charge < -0.3 is 24.9 Å². The summed E-state index contributed by atoms with van der Waals surface area (Å²) in [6.07, 6.45) is 4.37. The van der Waals surface area contributed by atoms with Gasteiger partial charge in [0.1, 0.15) is 18.0 Å². The van der Waals surface area contributed by atoms with Gasteiger partial charge in [0.05, 0.1) is 6.61 Å². The molecule has 0 aliphatic heterocycles. The summed E-state index contributed by atoms with van der Waals surface area (Å²) in [4.78, 5) is 18.8. The highest BCUT2D eigenvalue weighted by molar-refractivity contribution is 5.79. The van der Waals surface area contributed by atoms with Crippen molar-refractivity contribution in [2.75, 3.05) is 13.2 Å². The highest BCUT2D eigenvalue weighted by Gasteiger charge is 2.31. The largest absolute Gasteiger partial charge is 0.393 e. The predicted octanol–water partition coefficient (Wildman–Crippen LogP) is 3.47. The first-order valence-corrected chi connectivity index (χ1v) is 11.6. The van der Waals surface area contributed by atoms with Crippen LogP contribution >= 0.6 is 0 Å². The van der Waals surface area contributed by atoms with Crippen LogP contribution < -0.4 is 5.32 Å². The van der Waals surface area contributed by atoms with E-state index < -0.39 is 12.1 Å². The molecular formula is C28H28N4O3. The number of rotatable bonds is 7. The Kier molecular flexibility index (Phi) is 7.62. The Balaban J connectivity index is 1.37. The fraction of sp³-hybridized carbons (Fsp3) is 0.321. The number of hydrogen-bond acceptors (Lipinski definition) is 4. The number of hydrogen-bond donors (Lipinski definition) is 3. The van der Waals surface area contributed by atoms with Crippen LogP contribution in [-0.2, 0) is 4.79 Å². The van der Waals surface area contributed by atoms with Crippen LogP contribution in [0, 0.1) is 18.4 Å². The van der Waals surface area contributed by atoms with Gasteiger partial charge in [0.25, 0.3) is 12.5 Å². The van der Waals surface area contributed by atoms with Crippen LogP contribution in [0.1, 0.15) is 54.8 Å². The number of aromatic nitrogens is 2. The number of nitrogens with zero attached hydrogens (tertiary/aromatic N) is 3. The van der Waals surface area contributed by atoms with E-state index in [1.807, 2.05) is 24.3 Å². The normalized spacial score (nSPS) is 18.3. The number of carbonyl (C=O) groups excluding carboxylic acids is 1. The molecule has 35 heavy (non-hydrogen) atoms. The van der Waals surface area contributed by atoms with Gasteiger partial charge in [-0.1, -0.05) is 48.2 Å². The summed E-state index contributed by atoms with van der Waals surface area (Å²) >= 11 is 0. The van der Waals surface area contributed by atoms with E-state index in [4.69, 9.17) is 6.57 Å². The van der Waals surface area contributed by atoms with Crippen molar-refractivity contribution in [3.63, 3.8) is 0 Å². The molecule has 1 fully saturated rings. The third-order valence-electron chi connectivity index (χ3n) is 6.29. The summed E-state index contributed by atoms with van der Waals surface area (Å²) in [7, 11) is 0. The van der Waals surface area contributed by atoms with Crippen molar-refractivity contribution < 1.29 is 15.0 Å². The molecule has 1 aromatic heterocycles. The van der Waals surface area contributed by atoms with Gasteiger partial charge in [-0.25, -0.2) is 11.6 Å². The van der Waals surface area contributed by atoms with Crippen LogP contribution in [0.15, 0.2) is 60.9 Å². The fourth-order valence-electron chi connectivity index (χ4n) is 4.33. The topological polar surface area (TPSA) is 91.7 Å². The van der Waals surface area contributed by atoms with Gasteiger partial charge in [-0.15, -0.1) is 0 Å². The van der Waals surface area contributed by atoms with Crippen LogP contribution in [-0.4, -0.2) is 44.9 Å². The Labute approximate surface area is 205 Å². The molecule has 178 valence electrons. The van der Waals surface area contributed by atoms with Crippen molar-refractivity contribution in [2.24, 2.45) is 0 Å². The minimum absolute atomic E-state index is 0.100. The molecule has 0 bridgehead atoms. The third kappa shape index (κ3) is 5.78. The summed E-state index contributed by atoms with van der Waals surface area (Å²) in [5, 5.41) is 22.5. The van der Waals surface area contributed by atoms with Crippen LogP contribution in [0.2, 0.25) is 0 Å². The summed E-state index contributed by atoms with van der Waals surface area (Å²) in [5.41, 5.74) is 4.30. The average Bonchev–Trinajstić information content (AvgIpc) is 3.33. The van der Waals surface area contributed by atoms with Crippen molar-refractivity contribution in [1.82, 2.24) is 14.9 Å². The quantitative estimate of drug-likeness (QED) is 0.366. The maximum absolute atomic E-state index is 11.5. The second kappa shape index (κ2) is 11.0. The molecule has 2 aromatic carbocycles. The number of amides is 1. The van der Waals surface area contributed by atoms with Crippen molar-refractivity contribution in [3.8, 4) is 23.0 Å². The summed E-state index contributed by atoms with van der Waals surface area (Å²) in [6, 6.07) is 16.1. The predicted molar refractivity (Wildman–Crippen MR) is 133 cm³/mol. The minimum atomic E-state index is -0.742. The zero-order chi connectivity index (χ0) is 24.8. The van der Waals surface area contributed by atoms with E-state index in [9.17, 15) is 15.0 Å². The molecule has 3 aromatic rings. The maximum atomic E-state index is 11.5. The molecular weight excluding hydrogens is 440 g/mol. The molecule has 1 heterocycles. The van der Waals surface area contributed by atoms with Gasteiger partial charge in [0.15, 0.2) is 0 Å². The molecule has 0 unspecified atom stereocenters. The lowest BCUT2D eigenvalue weighted by atomic mass is 9.75. The van der Waals surface area contributed by atoms with Crippen LogP contribution in [0.3, 0.4) is 0 Å². The van der Waals surface area contributed by atoms with E-state index in [0.717, 1.165) is 29.5 Å². The third-order valence-corrected chi connectivity index (χ3v) is 6.29. The molecule has 0 spiro atoms. The summed E-state index contributed by atoms with van der Waals surface area (Å²) < 4.78 is 1.69. The molecule has 0 radical (unpaired) electrons. The van der Waals surface area contributed by atoms with Gasteiger partial charge >= 0.3 is 0 Å². The first-order chi connectivity index (χ1) is 17.0. The highest BCUT2D eigenvalue weighted by atomic mass is 16.3. The zero-order valence-corrected chi connectivity index (χ0v) is 19.6.